The highest BCUT2D eigenvalue weighted by Gasteiger charge is 2.33. The van der Waals surface area contributed by atoms with Crippen LogP contribution in [0.4, 0.5) is 0 Å². The van der Waals surface area contributed by atoms with E-state index in [4.69, 9.17) is 0 Å². The molecule has 4 nitrogen and oxygen atoms in total. The lowest BCUT2D eigenvalue weighted by Crippen LogP contribution is -2.32. The van der Waals surface area contributed by atoms with Crippen molar-refractivity contribution in [2.24, 2.45) is 17.8 Å². The third-order valence-electron chi connectivity index (χ3n) is 4.00. The van der Waals surface area contributed by atoms with Crippen LogP contribution in [-0.2, 0) is 16.3 Å². The number of aryl methyl sites for hydroxylation is 1. The summed E-state index contributed by atoms with van der Waals surface area (Å²) in [6.45, 7) is 8.24. The molecule has 0 amide bonds. The second-order valence-corrected chi connectivity index (χ2v) is 9.73. The number of nitrogens with one attached hydrogen (secondary N) is 1. The van der Waals surface area contributed by atoms with Gasteiger partial charge in [0.2, 0.25) is 0 Å². The summed E-state index contributed by atoms with van der Waals surface area (Å²) < 4.78 is 23.5. The van der Waals surface area contributed by atoms with E-state index < -0.39 is 9.84 Å². The van der Waals surface area contributed by atoms with Crippen LogP contribution in [0.25, 0.3) is 0 Å². The summed E-state index contributed by atoms with van der Waals surface area (Å²) in [5.74, 6) is 1.96. The zero-order chi connectivity index (χ0) is 15.5. The monoisotopic (exact) mass is 330 g/mol. The van der Waals surface area contributed by atoms with Gasteiger partial charge in [-0.25, -0.2) is 13.4 Å². The number of nitrogens with zero attached hydrogens (tertiary/aromatic N) is 1. The molecule has 120 valence electrons. The first kappa shape index (κ1) is 16.9. The molecule has 1 aromatic rings. The summed E-state index contributed by atoms with van der Waals surface area (Å²) in [7, 11) is -2.81. The Hall–Kier alpha value is -0.460. The summed E-state index contributed by atoms with van der Waals surface area (Å²) in [4.78, 5) is 4.54. The van der Waals surface area contributed by atoms with Gasteiger partial charge in [-0.15, -0.1) is 11.3 Å². The maximum atomic E-state index is 11.8. The van der Waals surface area contributed by atoms with Crippen molar-refractivity contribution in [3.05, 3.63) is 16.1 Å². The first-order valence-electron chi connectivity index (χ1n) is 7.68. The fourth-order valence-corrected chi connectivity index (χ4v) is 5.67. The fourth-order valence-electron chi connectivity index (χ4n) is 2.88. The Morgan fingerprint density at radius 3 is 2.71 bits per heavy atom. The van der Waals surface area contributed by atoms with E-state index in [2.05, 4.69) is 29.5 Å². The summed E-state index contributed by atoms with van der Waals surface area (Å²) in [5.41, 5.74) is 1.06. The highest BCUT2D eigenvalue weighted by atomic mass is 32.2. The Kier molecular flexibility index (Phi) is 5.80. The van der Waals surface area contributed by atoms with E-state index in [9.17, 15) is 8.42 Å². The minimum Gasteiger partial charge on any atom is -0.316 e. The molecule has 0 bridgehead atoms. The molecule has 0 saturated carbocycles. The van der Waals surface area contributed by atoms with Crippen LogP contribution in [-0.4, -0.2) is 38.0 Å². The molecule has 0 aromatic carbocycles. The normalized spacial score (nSPS) is 22.8. The average Bonchev–Trinajstić information content (AvgIpc) is 2.93. The number of sulfone groups is 1. The lowest BCUT2D eigenvalue weighted by molar-refractivity contribution is 0.336. The van der Waals surface area contributed by atoms with Crippen molar-refractivity contribution in [1.29, 1.82) is 0 Å². The van der Waals surface area contributed by atoms with Gasteiger partial charge >= 0.3 is 0 Å². The van der Waals surface area contributed by atoms with Crippen LogP contribution in [0.2, 0.25) is 0 Å². The first-order valence-corrected chi connectivity index (χ1v) is 10.4. The maximum absolute atomic E-state index is 11.8. The molecule has 1 aliphatic rings. The molecular formula is C15H26N2O2S2. The number of hydrogen-bond donors (Lipinski definition) is 1. The second-order valence-electron chi connectivity index (χ2n) is 6.56. The van der Waals surface area contributed by atoms with Crippen LogP contribution in [0.5, 0.6) is 0 Å². The van der Waals surface area contributed by atoms with Crippen LogP contribution in [0.1, 0.15) is 31.0 Å². The van der Waals surface area contributed by atoms with Crippen LogP contribution >= 0.6 is 11.3 Å². The molecule has 1 aromatic heterocycles. The summed E-state index contributed by atoms with van der Waals surface area (Å²) in [6, 6.07) is 0. The molecule has 2 atom stereocenters. The standard InChI is InChI=1S/C15H26N2O2S2/c1-11(2)7-16-8-14(6-15-17-12(3)9-20-15)13-4-5-21(18,19)10-13/h9,11,13-14,16H,4-8,10H2,1-3H3. The highest BCUT2D eigenvalue weighted by Crippen LogP contribution is 2.29. The molecular weight excluding hydrogens is 304 g/mol. The van der Waals surface area contributed by atoms with Crippen LogP contribution < -0.4 is 5.32 Å². The van der Waals surface area contributed by atoms with Gasteiger partial charge in [0.05, 0.1) is 16.5 Å². The molecule has 6 heteroatoms. The van der Waals surface area contributed by atoms with Gasteiger partial charge in [-0.05, 0) is 44.2 Å². The van der Waals surface area contributed by atoms with Gasteiger partial charge in [-0.2, -0.15) is 0 Å². The van der Waals surface area contributed by atoms with Gasteiger partial charge in [0.25, 0.3) is 0 Å². The quantitative estimate of drug-likeness (QED) is 0.833. The average molecular weight is 331 g/mol. The van der Waals surface area contributed by atoms with Crippen molar-refractivity contribution in [2.45, 2.75) is 33.6 Å². The molecule has 1 aliphatic heterocycles. The minimum atomic E-state index is -2.81. The molecule has 21 heavy (non-hydrogen) atoms. The van der Waals surface area contributed by atoms with Crippen molar-refractivity contribution in [2.75, 3.05) is 24.6 Å². The van der Waals surface area contributed by atoms with E-state index in [1.54, 1.807) is 11.3 Å². The Morgan fingerprint density at radius 1 is 1.43 bits per heavy atom. The molecule has 1 fully saturated rings. The predicted octanol–water partition coefficient (Wildman–Crippen LogP) is 2.29. The SMILES string of the molecule is Cc1csc(CC(CNCC(C)C)C2CCS(=O)(=O)C2)n1. The maximum Gasteiger partial charge on any atom is 0.150 e. The minimum absolute atomic E-state index is 0.277. The van der Waals surface area contributed by atoms with Gasteiger partial charge in [-0.3, -0.25) is 0 Å². The highest BCUT2D eigenvalue weighted by molar-refractivity contribution is 7.91. The van der Waals surface area contributed by atoms with Gasteiger partial charge in [0.15, 0.2) is 9.84 Å². The van der Waals surface area contributed by atoms with E-state index in [-0.39, 0.29) is 5.92 Å². The first-order chi connectivity index (χ1) is 9.85. The Balaban J connectivity index is 1.99. The zero-order valence-electron chi connectivity index (χ0n) is 13.1. The zero-order valence-corrected chi connectivity index (χ0v) is 14.8. The number of rotatable bonds is 7. The van der Waals surface area contributed by atoms with E-state index >= 15 is 0 Å². The van der Waals surface area contributed by atoms with Gasteiger partial charge in [0, 0.05) is 17.5 Å². The second kappa shape index (κ2) is 7.20. The van der Waals surface area contributed by atoms with Crippen molar-refractivity contribution in [3.8, 4) is 0 Å². The van der Waals surface area contributed by atoms with Crippen LogP contribution in [0.15, 0.2) is 5.38 Å². The Morgan fingerprint density at radius 2 is 2.19 bits per heavy atom. The molecule has 1 saturated heterocycles. The van der Waals surface area contributed by atoms with Crippen molar-refractivity contribution in [3.63, 3.8) is 0 Å². The lowest BCUT2D eigenvalue weighted by atomic mass is 9.89. The predicted molar refractivity (Wildman–Crippen MR) is 88.5 cm³/mol. The van der Waals surface area contributed by atoms with Crippen molar-refractivity contribution >= 4 is 21.2 Å². The molecule has 0 aliphatic carbocycles. The number of hydrogen-bond acceptors (Lipinski definition) is 5. The molecule has 2 rings (SSSR count). The Labute approximate surface area is 132 Å². The molecule has 2 unspecified atom stereocenters. The fraction of sp³-hybridized carbons (Fsp3) is 0.800. The molecule has 0 radical (unpaired) electrons. The lowest BCUT2D eigenvalue weighted by Gasteiger charge is -2.22. The van der Waals surface area contributed by atoms with E-state index in [0.29, 0.717) is 23.3 Å². The third kappa shape index (κ3) is 5.34. The summed E-state index contributed by atoms with van der Waals surface area (Å²) in [5, 5.41) is 6.70. The largest absolute Gasteiger partial charge is 0.316 e. The van der Waals surface area contributed by atoms with E-state index in [1.807, 2.05) is 6.92 Å². The van der Waals surface area contributed by atoms with Gasteiger partial charge < -0.3 is 5.32 Å². The third-order valence-corrected chi connectivity index (χ3v) is 6.78. The molecule has 2 heterocycles. The topological polar surface area (TPSA) is 59.1 Å². The van der Waals surface area contributed by atoms with Crippen LogP contribution in [0.3, 0.4) is 0 Å². The molecule has 0 spiro atoms. The molecule has 1 N–H and O–H groups in total. The van der Waals surface area contributed by atoms with Gasteiger partial charge in [0.1, 0.15) is 0 Å². The van der Waals surface area contributed by atoms with E-state index in [0.717, 1.165) is 36.6 Å². The number of thiazole rings is 1. The smallest absolute Gasteiger partial charge is 0.150 e. The van der Waals surface area contributed by atoms with E-state index in [1.165, 1.54) is 0 Å². The Bertz CT molecular complexity index is 552. The van der Waals surface area contributed by atoms with Crippen molar-refractivity contribution < 1.29 is 8.42 Å². The summed E-state index contributed by atoms with van der Waals surface area (Å²) in [6.07, 6.45) is 1.70. The van der Waals surface area contributed by atoms with Crippen LogP contribution in [0, 0.1) is 24.7 Å². The van der Waals surface area contributed by atoms with Gasteiger partial charge in [-0.1, -0.05) is 13.8 Å². The number of aromatic nitrogens is 1. The summed E-state index contributed by atoms with van der Waals surface area (Å²) >= 11 is 1.69. The van der Waals surface area contributed by atoms with Crippen molar-refractivity contribution in [1.82, 2.24) is 10.3 Å².